The lowest BCUT2D eigenvalue weighted by Gasteiger charge is -2.07. The van der Waals surface area contributed by atoms with Crippen LogP contribution in [0.25, 0.3) is 6.08 Å². The molecule has 20 heavy (non-hydrogen) atoms. The Labute approximate surface area is 124 Å². The van der Waals surface area contributed by atoms with Crippen molar-refractivity contribution in [2.45, 2.75) is 6.61 Å². The fourth-order valence-corrected chi connectivity index (χ4v) is 1.96. The maximum atomic E-state index is 10.4. The van der Waals surface area contributed by atoms with E-state index in [9.17, 15) is 4.79 Å². The second kappa shape index (κ2) is 6.81. The van der Waals surface area contributed by atoms with Crippen LogP contribution in [0.5, 0.6) is 5.75 Å². The molecule has 0 saturated heterocycles. The van der Waals surface area contributed by atoms with Crippen LogP contribution < -0.4 is 4.74 Å². The predicted octanol–water partition coefficient (Wildman–Crippen LogP) is 2.92. The van der Waals surface area contributed by atoms with Gasteiger partial charge in [0, 0.05) is 18.5 Å². The minimum atomic E-state index is -0.984. The van der Waals surface area contributed by atoms with E-state index in [1.165, 1.54) is 6.08 Å². The molecule has 0 bridgehead atoms. The van der Waals surface area contributed by atoms with Crippen LogP contribution in [0.15, 0.2) is 47.2 Å². The van der Waals surface area contributed by atoms with Crippen LogP contribution in [0.1, 0.15) is 11.4 Å². The molecule has 102 valence electrons. The van der Waals surface area contributed by atoms with Crippen LogP contribution in [-0.4, -0.2) is 21.0 Å². The number of hydrogen-bond donors (Lipinski definition) is 1. The van der Waals surface area contributed by atoms with E-state index in [2.05, 4.69) is 25.9 Å². The van der Waals surface area contributed by atoms with Gasteiger partial charge in [0.15, 0.2) is 5.82 Å². The normalized spacial score (nSPS) is 10.7. The van der Waals surface area contributed by atoms with Gasteiger partial charge in [0.1, 0.15) is 12.4 Å². The summed E-state index contributed by atoms with van der Waals surface area (Å²) in [5.74, 6) is 0.252. The van der Waals surface area contributed by atoms with Gasteiger partial charge in [-0.15, -0.1) is 0 Å². The summed E-state index contributed by atoms with van der Waals surface area (Å²) >= 11 is 3.38. The van der Waals surface area contributed by atoms with Crippen molar-refractivity contribution in [1.29, 1.82) is 0 Å². The van der Waals surface area contributed by atoms with E-state index in [1.54, 1.807) is 36.7 Å². The maximum Gasteiger partial charge on any atom is 0.328 e. The Hall–Kier alpha value is -2.21. The van der Waals surface area contributed by atoms with Crippen LogP contribution >= 0.6 is 15.9 Å². The van der Waals surface area contributed by atoms with Crippen molar-refractivity contribution in [2.75, 3.05) is 0 Å². The molecule has 1 N–H and O–H groups in total. The highest BCUT2D eigenvalue weighted by atomic mass is 79.9. The molecule has 0 spiro atoms. The SMILES string of the molecule is O=C(O)C=Cc1ccc(OCc2ncccn2)c(Br)c1. The zero-order valence-electron chi connectivity index (χ0n) is 10.4. The second-order valence-corrected chi connectivity index (χ2v) is 4.67. The van der Waals surface area contributed by atoms with E-state index in [4.69, 9.17) is 9.84 Å². The van der Waals surface area contributed by atoms with Crippen LogP contribution in [-0.2, 0) is 11.4 Å². The number of benzene rings is 1. The second-order valence-electron chi connectivity index (χ2n) is 3.82. The summed E-state index contributed by atoms with van der Waals surface area (Å²) in [7, 11) is 0. The molecular weight excluding hydrogens is 324 g/mol. The van der Waals surface area contributed by atoms with Gasteiger partial charge >= 0.3 is 5.97 Å². The molecule has 0 aliphatic carbocycles. The number of carboxylic acids is 1. The molecule has 0 atom stereocenters. The largest absolute Gasteiger partial charge is 0.484 e. The van der Waals surface area contributed by atoms with Crippen molar-refractivity contribution in [3.63, 3.8) is 0 Å². The van der Waals surface area contributed by atoms with E-state index >= 15 is 0 Å². The van der Waals surface area contributed by atoms with Crippen molar-refractivity contribution in [1.82, 2.24) is 9.97 Å². The number of carbonyl (C=O) groups is 1. The lowest BCUT2D eigenvalue weighted by Crippen LogP contribution is -2.00. The molecule has 0 aliphatic rings. The molecule has 6 heteroatoms. The zero-order valence-corrected chi connectivity index (χ0v) is 11.9. The van der Waals surface area contributed by atoms with E-state index in [0.717, 1.165) is 16.1 Å². The fourth-order valence-electron chi connectivity index (χ4n) is 1.45. The summed E-state index contributed by atoms with van der Waals surface area (Å²) < 4.78 is 6.33. The van der Waals surface area contributed by atoms with Gasteiger partial charge in [-0.1, -0.05) is 6.07 Å². The number of ether oxygens (including phenoxy) is 1. The highest BCUT2D eigenvalue weighted by Gasteiger charge is 2.03. The fraction of sp³-hybridized carbons (Fsp3) is 0.0714. The summed E-state index contributed by atoms with van der Waals surface area (Å²) in [6, 6.07) is 7.05. The molecule has 0 fully saturated rings. The first-order valence-corrected chi connectivity index (χ1v) is 6.54. The highest BCUT2D eigenvalue weighted by Crippen LogP contribution is 2.27. The number of rotatable bonds is 5. The number of carboxylic acid groups (broad SMARTS) is 1. The summed E-state index contributed by atoms with van der Waals surface area (Å²) in [5.41, 5.74) is 0.766. The zero-order chi connectivity index (χ0) is 14.4. The Morgan fingerprint density at radius 3 is 2.75 bits per heavy atom. The number of aliphatic carboxylic acids is 1. The molecule has 0 aliphatic heterocycles. The molecule has 0 radical (unpaired) electrons. The van der Waals surface area contributed by atoms with Crippen LogP contribution in [0.3, 0.4) is 0 Å². The first-order chi connectivity index (χ1) is 9.65. The van der Waals surface area contributed by atoms with Crippen molar-refractivity contribution in [2.24, 2.45) is 0 Å². The molecule has 1 aromatic carbocycles. The van der Waals surface area contributed by atoms with Gasteiger partial charge in [-0.3, -0.25) is 0 Å². The Bertz CT molecular complexity index is 630. The Morgan fingerprint density at radius 1 is 1.35 bits per heavy atom. The molecule has 2 rings (SSSR count). The predicted molar refractivity (Wildman–Crippen MR) is 77.2 cm³/mol. The standard InChI is InChI=1S/C14H11BrN2O3/c15-11-8-10(3-5-14(18)19)2-4-12(11)20-9-13-16-6-1-7-17-13/h1-8H,9H2,(H,18,19). The highest BCUT2D eigenvalue weighted by molar-refractivity contribution is 9.10. The first-order valence-electron chi connectivity index (χ1n) is 5.74. The number of halogens is 1. The lowest BCUT2D eigenvalue weighted by atomic mass is 10.2. The summed E-state index contributed by atoms with van der Waals surface area (Å²) in [5, 5.41) is 8.57. The molecule has 0 amide bonds. The van der Waals surface area contributed by atoms with E-state index in [1.807, 2.05) is 0 Å². The van der Waals surface area contributed by atoms with Crippen LogP contribution in [0.4, 0.5) is 0 Å². The third-order valence-corrected chi connectivity index (χ3v) is 2.97. The molecular formula is C14H11BrN2O3. The monoisotopic (exact) mass is 334 g/mol. The van der Waals surface area contributed by atoms with Crippen LogP contribution in [0, 0.1) is 0 Å². The first kappa shape index (κ1) is 14.2. The molecule has 2 aromatic rings. The Balaban J connectivity index is 2.04. The number of hydrogen-bond acceptors (Lipinski definition) is 4. The third kappa shape index (κ3) is 4.17. The van der Waals surface area contributed by atoms with E-state index < -0.39 is 5.97 Å². The van der Waals surface area contributed by atoms with E-state index in [0.29, 0.717) is 11.6 Å². The summed E-state index contributed by atoms with van der Waals surface area (Å²) in [6.07, 6.45) is 5.90. The molecule has 0 unspecified atom stereocenters. The Kier molecular flexibility index (Phi) is 4.84. The average Bonchev–Trinajstić information content (AvgIpc) is 2.45. The van der Waals surface area contributed by atoms with Crippen molar-refractivity contribution >= 4 is 28.0 Å². The van der Waals surface area contributed by atoms with E-state index in [-0.39, 0.29) is 6.61 Å². The van der Waals surface area contributed by atoms with Gasteiger partial charge in [-0.05, 0) is 45.8 Å². The van der Waals surface area contributed by atoms with Gasteiger partial charge in [0.05, 0.1) is 4.47 Å². The minimum Gasteiger partial charge on any atom is -0.484 e. The molecule has 1 aromatic heterocycles. The summed E-state index contributed by atoms with van der Waals surface area (Å²) in [4.78, 5) is 18.6. The van der Waals surface area contributed by atoms with Gasteiger partial charge < -0.3 is 9.84 Å². The smallest absolute Gasteiger partial charge is 0.328 e. The topological polar surface area (TPSA) is 72.3 Å². The quantitative estimate of drug-likeness (QED) is 0.851. The maximum absolute atomic E-state index is 10.4. The average molecular weight is 335 g/mol. The minimum absolute atomic E-state index is 0.268. The molecule has 0 saturated carbocycles. The molecule has 1 heterocycles. The van der Waals surface area contributed by atoms with Gasteiger partial charge in [0.25, 0.3) is 0 Å². The van der Waals surface area contributed by atoms with Gasteiger partial charge in [-0.25, -0.2) is 14.8 Å². The van der Waals surface area contributed by atoms with Crippen molar-refractivity contribution in [3.8, 4) is 5.75 Å². The van der Waals surface area contributed by atoms with Crippen LogP contribution in [0.2, 0.25) is 0 Å². The number of aromatic nitrogens is 2. The summed E-state index contributed by atoms with van der Waals surface area (Å²) in [6.45, 7) is 0.268. The molecule has 5 nitrogen and oxygen atoms in total. The van der Waals surface area contributed by atoms with Gasteiger partial charge in [0.2, 0.25) is 0 Å². The van der Waals surface area contributed by atoms with Crippen molar-refractivity contribution in [3.05, 3.63) is 58.6 Å². The van der Waals surface area contributed by atoms with Gasteiger partial charge in [-0.2, -0.15) is 0 Å². The lowest BCUT2D eigenvalue weighted by molar-refractivity contribution is -0.131. The Morgan fingerprint density at radius 2 is 2.10 bits per heavy atom. The third-order valence-electron chi connectivity index (χ3n) is 2.35. The van der Waals surface area contributed by atoms with Crippen molar-refractivity contribution < 1.29 is 14.6 Å². The number of nitrogens with zero attached hydrogens (tertiary/aromatic N) is 2.